The summed E-state index contributed by atoms with van der Waals surface area (Å²) in [6.07, 6.45) is 0. The number of fused-ring (bicyclic) bond motifs is 1. The van der Waals surface area contributed by atoms with Crippen molar-refractivity contribution in [1.82, 2.24) is 0 Å². The fourth-order valence-electron chi connectivity index (χ4n) is 1.47. The molecule has 1 N–H and O–H groups in total. The first kappa shape index (κ1) is 11.0. The summed E-state index contributed by atoms with van der Waals surface area (Å²) in [4.78, 5) is 23.6. The number of thioether (sulfide) groups is 1. The van der Waals surface area contributed by atoms with Crippen LogP contribution < -0.4 is 5.32 Å². The first-order chi connectivity index (χ1) is 7.61. The maximum Gasteiger partial charge on any atom is 0.337 e. The third kappa shape index (κ3) is 1.90. The molecule has 0 radical (unpaired) electrons. The Morgan fingerprint density at radius 3 is 2.94 bits per heavy atom. The standard InChI is InChI=1S/C11H11NO3S/c1-6-11(14)16-9-4-3-7(10(13)15-2)5-8(9)12-6/h3-6,12H,1-2H3. The number of esters is 1. The van der Waals surface area contributed by atoms with Crippen molar-refractivity contribution in [1.29, 1.82) is 0 Å². The Balaban J connectivity index is 2.36. The fraction of sp³-hybridized carbons (Fsp3) is 0.273. The minimum atomic E-state index is -0.376. The summed E-state index contributed by atoms with van der Waals surface area (Å²) >= 11 is 1.19. The van der Waals surface area contributed by atoms with E-state index in [1.54, 1.807) is 25.1 Å². The minimum Gasteiger partial charge on any atom is -0.465 e. The molecule has 0 spiro atoms. The molecule has 0 saturated carbocycles. The third-order valence-corrected chi connectivity index (χ3v) is 3.47. The summed E-state index contributed by atoms with van der Waals surface area (Å²) in [5.74, 6) is -0.376. The van der Waals surface area contributed by atoms with Gasteiger partial charge < -0.3 is 10.1 Å². The molecule has 1 aliphatic heterocycles. The largest absolute Gasteiger partial charge is 0.465 e. The van der Waals surface area contributed by atoms with Crippen molar-refractivity contribution in [3.8, 4) is 0 Å². The van der Waals surface area contributed by atoms with Crippen molar-refractivity contribution in [3.05, 3.63) is 23.8 Å². The van der Waals surface area contributed by atoms with Crippen molar-refractivity contribution in [3.63, 3.8) is 0 Å². The van der Waals surface area contributed by atoms with E-state index >= 15 is 0 Å². The topological polar surface area (TPSA) is 55.4 Å². The summed E-state index contributed by atoms with van der Waals surface area (Å²) in [6.45, 7) is 1.79. The van der Waals surface area contributed by atoms with Gasteiger partial charge in [0, 0.05) is 10.6 Å². The molecule has 0 fully saturated rings. The molecule has 16 heavy (non-hydrogen) atoms. The van der Waals surface area contributed by atoms with Gasteiger partial charge in [-0.15, -0.1) is 0 Å². The zero-order valence-electron chi connectivity index (χ0n) is 8.94. The summed E-state index contributed by atoms with van der Waals surface area (Å²) in [5, 5.41) is 3.13. The van der Waals surface area contributed by atoms with E-state index in [-0.39, 0.29) is 17.1 Å². The molecule has 84 valence electrons. The quantitative estimate of drug-likeness (QED) is 0.756. The number of rotatable bonds is 1. The van der Waals surface area contributed by atoms with Gasteiger partial charge in [-0.3, -0.25) is 4.79 Å². The Bertz CT molecular complexity index is 459. The Morgan fingerprint density at radius 2 is 2.25 bits per heavy atom. The molecule has 1 aliphatic rings. The number of ether oxygens (including phenoxy) is 1. The fourth-order valence-corrected chi connectivity index (χ4v) is 2.28. The molecule has 0 amide bonds. The monoisotopic (exact) mass is 237 g/mol. The lowest BCUT2D eigenvalue weighted by molar-refractivity contribution is -0.111. The Kier molecular flexibility index (Phi) is 2.87. The van der Waals surface area contributed by atoms with Gasteiger partial charge in [0.1, 0.15) is 0 Å². The second-order valence-electron chi connectivity index (χ2n) is 3.49. The average Bonchev–Trinajstić information content (AvgIpc) is 2.29. The lowest BCUT2D eigenvalue weighted by atomic mass is 10.2. The molecule has 1 atom stereocenters. The van der Waals surface area contributed by atoms with E-state index in [1.165, 1.54) is 18.9 Å². The van der Waals surface area contributed by atoms with Crippen LogP contribution in [-0.2, 0) is 9.53 Å². The summed E-state index contributed by atoms with van der Waals surface area (Å²) < 4.78 is 4.63. The van der Waals surface area contributed by atoms with Gasteiger partial charge in [-0.05, 0) is 36.9 Å². The Labute approximate surface area is 97.4 Å². The third-order valence-electron chi connectivity index (χ3n) is 2.34. The predicted molar refractivity (Wildman–Crippen MR) is 61.7 cm³/mol. The van der Waals surface area contributed by atoms with Gasteiger partial charge in [0.15, 0.2) is 0 Å². The predicted octanol–water partition coefficient (Wildman–Crippen LogP) is 1.91. The van der Waals surface area contributed by atoms with Crippen molar-refractivity contribution in [2.75, 3.05) is 12.4 Å². The minimum absolute atomic E-state index is 0.0818. The van der Waals surface area contributed by atoms with E-state index in [9.17, 15) is 9.59 Å². The van der Waals surface area contributed by atoms with Gasteiger partial charge in [0.25, 0.3) is 0 Å². The average molecular weight is 237 g/mol. The zero-order valence-corrected chi connectivity index (χ0v) is 9.76. The first-order valence-corrected chi connectivity index (χ1v) is 5.64. The smallest absolute Gasteiger partial charge is 0.337 e. The maximum absolute atomic E-state index is 11.4. The Hall–Kier alpha value is -1.49. The van der Waals surface area contributed by atoms with Crippen LogP contribution in [0.1, 0.15) is 17.3 Å². The number of anilines is 1. The lowest BCUT2D eigenvalue weighted by Crippen LogP contribution is -2.27. The second kappa shape index (κ2) is 4.17. The van der Waals surface area contributed by atoms with Crippen LogP contribution in [-0.4, -0.2) is 24.2 Å². The van der Waals surface area contributed by atoms with Crippen LogP contribution in [0.15, 0.2) is 23.1 Å². The highest BCUT2D eigenvalue weighted by molar-refractivity contribution is 8.14. The number of hydrogen-bond acceptors (Lipinski definition) is 5. The number of carbonyl (C=O) groups is 2. The number of benzene rings is 1. The van der Waals surface area contributed by atoms with Gasteiger partial charge >= 0.3 is 5.97 Å². The summed E-state index contributed by atoms with van der Waals surface area (Å²) in [5.41, 5.74) is 1.29. The first-order valence-electron chi connectivity index (χ1n) is 4.82. The summed E-state index contributed by atoms with van der Waals surface area (Å²) in [6, 6.07) is 4.88. The highest BCUT2D eigenvalue weighted by Gasteiger charge is 2.23. The van der Waals surface area contributed by atoms with Crippen LogP contribution in [0.25, 0.3) is 0 Å². The molecular weight excluding hydrogens is 226 g/mol. The van der Waals surface area contributed by atoms with Crippen LogP contribution in [0.4, 0.5) is 5.69 Å². The van der Waals surface area contributed by atoms with Crippen LogP contribution in [0.3, 0.4) is 0 Å². The lowest BCUT2D eigenvalue weighted by Gasteiger charge is -2.22. The van der Waals surface area contributed by atoms with Gasteiger partial charge in [-0.2, -0.15) is 0 Å². The van der Waals surface area contributed by atoms with E-state index in [1.807, 2.05) is 0 Å². The van der Waals surface area contributed by atoms with Crippen molar-refractivity contribution >= 4 is 28.5 Å². The normalized spacial score (nSPS) is 18.6. The number of carbonyl (C=O) groups excluding carboxylic acids is 2. The van der Waals surface area contributed by atoms with Crippen LogP contribution in [0.5, 0.6) is 0 Å². The van der Waals surface area contributed by atoms with E-state index in [0.29, 0.717) is 5.56 Å². The molecule has 0 saturated heterocycles. The maximum atomic E-state index is 11.4. The molecule has 4 nitrogen and oxygen atoms in total. The molecule has 0 bridgehead atoms. The molecule has 1 heterocycles. The second-order valence-corrected chi connectivity index (χ2v) is 4.54. The van der Waals surface area contributed by atoms with E-state index < -0.39 is 0 Å². The molecule has 1 aromatic rings. The Morgan fingerprint density at radius 1 is 1.50 bits per heavy atom. The van der Waals surface area contributed by atoms with Gasteiger partial charge in [-0.1, -0.05) is 0 Å². The molecule has 2 rings (SSSR count). The van der Waals surface area contributed by atoms with Gasteiger partial charge in [0.2, 0.25) is 5.12 Å². The number of methoxy groups -OCH3 is 1. The molecule has 0 aliphatic carbocycles. The van der Waals surface area contributed by atoms with Crippen LogP contribution in [0.2, 0.25) is 0 Å². The highest BCUT2D eigenvalue weighted by Crippen LogP contribution is 2.34. The van der Waals surface area contributed by atoms with E-state index in [0.717, 1.165) is 10.6 Å². The number of nitrogens with one attached hydrogen (secondary N) is 1. The van der Waals surface area contributed by atoms with Crippen molar-refractivity contribution in [2.24, 2.45) is 0 Å². The van der Waals surface area contributed by atoms with Gasteiger partial charge in [-0.25, -0.2) is 4.79 Å². The molecule has 0 aromatic heterocycles. The van der Waals surface area contributed by atoms with Crippen LogP contribution in [0, 0.1) is 0 Å². The molecular formula is C11H11NO3S. The van der Waals surface area contributed by atoms with E-state index in [4.69, 9.17) is 0 Å². The van der Waals surface area contributed by atoms with E-state index in [2.05, 4.69) is 10.1 Å². The molecule has 1 unspecified atom stereocenters. The highest BCUT2D eigenvalue weighted by atomic mass is 32.2. The molecule has 5 heteroatoms. The van der Waals surface area contributed by atoms with Crippen molar-refractivity contribution in [2.45, 2.75) is 17.9 Å². The summed E-state index contributed by atoms with van der Waals surface area (Å²) in [7, 11) is 1.34. The molecule has 1 aromatic carbocycles. The van der Waals surface area contributed by atoms with Gasteiger partial charge in [0.05, 0.1) is 18.7 Å². The van der Waals surface area contributed by atoms with Crippen LogP contribution >= 0.6 is 11.8 Å². The van der Waals surface area contributed by atoms with Crippen molar-refractivity contribution < 1.29 is 14.3 Å². The number of hydrogen-bond donors (Lipinski definition) is 1. The zero-order chi connectivity index (χ0) is 11.7. The SMILES string of the molecule is COC(=O)c1ccc2c(c1)NC(C)C(=O)S2.